The first-order chi connectivity index (χ1) is 10.2. The molecule has 3 rings (SSSR count). The Labute approximate surface area is 124 Å². The molecule has 0 radical (unpaired) electrons. The smallest absolute Gasteiger partial charge is 0.251 e. The van der Waals surface area contributed by atoms with Crippen LogP contribution in [0.2, 0.25) is 0 Å². The minimum absolute atomic E-state index is 0.0220. The average molecular weight is 284 g/mol. The van der Waals surface area contributed by atoms with Gasteiger partial charge in [0.05, 0.1) is 13.7 Å². The van der Waals surface area contributed by atoms with Gasteiger partial charge >= 0.3 is 0 Å². The molecular formula is C17H20N2O2. The van der Waals surface area contributed by atoms with Crippen LogP contribution < -0.4 is 16.0 Å². The molecule has 1 aromatic carbocycles. The molecule has 1 heterocycles. The van der Waals surface area contributed by atoms with Gasteiger partial charge in [0.25, 0.3) is 5.56 Å². The van der Waals surface area contributed by atoms with Crippen LogP contribution in [0.3, 0.4) is 0 Å². The van der Waals surface area contributed by atoms with E-state index in [2.05, 4.69) is 0 Å². The Morgan fingerprint density at radius 1 is 1.29 bits per heavy atom. The molecule has 1 aromatic heterocycles. The Morgan fingerprint density at radius 3 is 2.90 bits per heavy atom. The third-order valence-corrected chi connectivity index (χ3v) is 4.18. The lowest BCUT2D eigenvalue weighted by molar-refractivity contribution is 0.407. The summed E-state index contributed by atoms with van der Waals surface area (Å²) in [5, 5.41) is 0. The van der Waals surface area contributed by atoms with Crippen LogP contribution >= 0.6 is 0 Å². The van der Waals surface area contributed by atoms with Crippen LogP contribution in [0.5, 0.6) is 5.75 Å². The maximum atomic E-state index is 12.3. The van der Waals surface area contributed by atoms with E-state index < -0.39 is 0 Å². The van der Waals surface area contributed by atoms with Crippen LogP contribution in [0.4, 0.5) is 0 Å². The third-order valence-electron chi connectivity index (χ3n) is 4.18. The van der Waals surface area contributed by atoms with Crippen LogP contribution in [0.25, 0.3) is 0 Å². The number of nitrogens with two attached hydrogens (primary N) is 1. The topological polar surface area (TPSA) is 57.2 Å². The maximum absolute atomic E-state index is 12.3. The van der Waals surface area contributed by atoms with E-state index in [-0.39, 0.29) is 11.6 Å². The van der Waals surface area contributed by atoms with Crippen molar-refractivity contribution in [2.75, 3.05) is 7.11 Å². The Bertz CT molecular complexity index is 706. The summed E-state index contributed by atoms with van der Waals surface area (Å²) in [6.45, 7) is 0.527. The number of aromatic nitrogens is 1. The lowest BCUT2D eigenvalue weighted by Gasteiger charge is -2.25. The minimum atomic E-state index is 0.0220. The fourth-order valence-electron chi connectivity index (χ4n) is 3.08. The van der Waals surface area contributed by atoms with E-state index >= 15 is 0 Å². The summed E-state index contributed by atoms with van der Waals surface area (Å²) in [5.74, 6) is 0.808. The normalized spacial score (nSPS) is 17.3. The van der Waals surface area contributed by atoms with E-state index in [1.807, 2.05) is 34.9 Å². The summed E-state index contributed by atoms with van der Waals surface area (Å²) in [4.78, 5) is 12.3. The van der Waals surface area contributed by atoms with Gasteiger partial charge < -0.3 is 15.0 Å². The molecule has 2 N–H and O–H groups in total. The van der Waals surface area contributed by atoms with Crippen molar-refractivity contribution >= 4 is 0 Å². The quantitative estimate of drug-likeness (QED) is 0.940. The monoisotopic (exact) mass is 284 g/mol. The summed E-state index contributed by atoms with van der Waals surface area (Å²) in [5.41, 5.74) is 9.39. The fourth-order valence-corrected chi connectivity index (χ4v) is 3.08. The molecule has 0 aliphatic heterocycles. The standard InChI is InChI=1S/C17H20N2O2/c1-21-16-8-3-2-5-12(16)11-19-15-7-4-6-14(18)13(15)9-10-17(19)20/h2-3,5,8-10,14H,4,6-7,11,18H2,1H3. The largest absolute Gasteiger partial charge is 0.496 e. The first kappa shape index (κ1) is 13.9. The molecule has 1 aliphatic carbocycles. The molecule has 4 nitrogen and oxygen atoms in total. The molecule has 1 unspecified atom stereocenters. The Hall–Kier alpha value is -2.07. The van der Waals surface area contributed by atoms with Crippen molar-refractivity contribution in [1.82, 2.24) is 4.57 Å². The molecule has 0 fully saturated rings. The van der Waals surface area contributed by atoms with Crippen molar-refractivity contribution in [2.24, 2.45) is 5.73 Å². The van der Waals surface area contributed by atoms with Crippen molar-refractivity contribution in [1.29, 1.82) is 0 Å². The Balaban J connectivity index is 2.06. The predicted molar refractivity (Wildman–Crippen MR) is 82.7 cm³/mol. The lowest BCUT2D eigenvalue weighted by Crippen LogP contribution is -2.29. The molecule has 110 valence electrons. The number of pyridine rings is 1. The third kappa shape index (κ3) is 2.59. The molecule has 0 bridgehead atoms. The van der Waals surface area contributed by atoms with E-state index in [9.17, 15) is 4.79 Å². The van der Waals surface area contributed by atoms with E-state index in [0.717, 1.165) is 41.8 Å². The van der Waals surface area contributed by atoms with Gasteiger partial charge in [-0.25, -0.2) is 0 Å². The van der Waals surface area contributed by atoms with Gasteiger partial charge in [-0.2, -0.15) is 0 Å². The molecule has 0 spiro atoms. The highest BCUT2D eigenvalue weighted by Crippen LogP contribution is 2.27. The van der Waals surface area contributed by atoms with Crippen molar-refractivity contribution in [3.05, 3.63) is 63.6 Å². The summed E-state index contributed by atoms with van der Waals surface area (Å²) in [7, 11) is 1.65. The fraction of sp³-hybridized carbons (Fsp3) is 0.353. The highest BCUT2D eigenvalue weighted by Gasteiger charge is 2.20. The summed E-state index contributed by atoms with van der Waals surface area (Å²) < 4.78 is 7.22. The number of nitrogens with zero attached hydrogens (tertiary/aromatic N) is 1. The second kappa shape index (κ2) is 5.74. The highest BCUT2D eigenvalue weighted by molar-refractivity contribution is 5.35. The van der Waals surface area contributed by atoms with E-state index in [4.69, 9.17) is 10.5 Å². The average Bonchev–Trinajstić information content (AvgIpc) is 2.51. The van der Waals surface area contributed by atoms with Gasteiger partial charge in [-0.05, 0) is 30.9 Å². The molecular weight excluding hydrogens is 264 g/mol. The van der Waals surface area contributed by atoms with Gasteiger partial charge in [0.15, 0.2) is 0 Å². The minimum Gasteiger partial charge on any atom is -0.496 e. The molecule has 1 atom stereocenters. The zero-order chi connectivity index (χ0) is 14.8. The van der Waals surface area contributed by atoms with Crippen molar-refractivity contribution < 1.29 is 4.74 Å². The number of ether oxygens (including phenoxy) is 1. The van der Waals surface area contributed by atoms with Crippen LogP contribution in [0, 0.1) is 0 Å². The van der Waals surface area contributed by atoms with Gasteiger partial charge in [0, 0.05) is 23.4 Å². The first-order valence-corrected chi connectivity index (χ1v) is 7.31. The predicted octanol–water partition coefficient (Wildman–Crippen LogP) is 2.24. The van der Waals surface area contributed by atoms with Crippen molar-refractivity contribution in [3.63, 3.8) is 0 Å². The Morgan fingerprint density at radius 2 is 2.10 bits per heavy atom. The van der Waals surface area contributed by atoms with Crippen molar-refractivity contribution in [3.8, 4) is 5.75 Å². The van der Waals surface area contributed by atoms with Crippen LogP contribution in [0.1, 0.15) is 35.7 Å². The number of hydrogen-bond donors (Lipinski definition) is 1. The molecule has 1 aliphatic rings. The van der Waals surface area contributed by atoms with Gasteiger partial charge in [0.2, 0.25) is 0 Å². The van der Waals surface area contributed by atoms with Crippen LogP contribution in [0.15, 0.2) is 41.2 Å². The second-order valence-electron chi connectivity index (χ2n) is 5.47. The summed E-state index contributed by atoms with van der Waals surface area (Å²) in [6.07, 6.45) is 2.93. The maximum Gasteiger partial charge on any atom is 0.251 e. The van der Waals surface area contributed by atoms with E-state index in [0.29, 0.717) is 6.54 Å². The molecule has 21 heavy (non-hydrogen) atoms. The van der Waals surface area contributed by atoms with Crippen LogP contribution in [-0.4, -0.2) is 11.7 Å². The number of rotatable bonds is 3. The highest BCUT2D eigenvalue weighted by atomic mass is 16.5. The number of fused-ring (bicyclic) bond motifs is 1. The zero-order valence-electron chi connectivity index (χ0n) is 12.2. The van der Waals surface area contributed by atoms with E-state index in [1.165, 1.54) is 0 Å². The zero-order valence-corrected chi connectivity index (χ0v) is 12.2. The summed E-state index contributed by atoms with van der Waals surface area (Å²) >= 11 is 0. The molecule has 0 saturated heterocycles. The number of benzene rings is 1. The SMILES string of the molecule is COc1ccccc1Cn1c2c(ccc1=O)C(N)CCC2. The van der Waals surface area contributed by atoms with Gasteiger partial charge in [-0.15, -0.1) is 0 Å². The second-order valence-corrected chi connectivity index (χ2v) is 5.47. The summed E-state index contributed by atoms with van der Waals surface area (Å²) in [6, 6.07) is 11.4. The molecule has 0 amide bonds. The van der Waals surface area contributed by atoms with Crippen LogP contribution in [-0.2, 0) is 13.0 Å². The van der Waals surface area contributed by atoms with E-state index in [1.54, 1.807) is 13.2 Å². The number of para-hydroxylation sites is 1. The van der Waals surface area contributed by atoms with Crippen molar-refractivity contribution in [2.45, 2.75) is 31.8 Å². The molecule has 0 saturated carbocycles. The Kier molecular flexibility index (Phi) is 3.80. The first-order valence-electron chi connectivity index (χ1n) is 7.31. The lowest BCUT2D eigenvalue weighted by atomic mass is 9.91. The number of methoxy groups -OCH3 is 1. The van der Waals surface area contributed by atoms with Gasteiger partial charge in [0.1, 0.15) is 5.75 Å². The van der Waals surface area contributed by atoms with Gasteiger partial charge in [-0.1, -0.05) is 24.3 Å². The molecule has 4 heteroatoms. The number of hydrogen-bond acceptors (Lipinski definition) is 3. The van der Waals surface area contributed by atoms with Gasteiger partial charge in [-0.3, -0.25) is 4.79 Å². The molecule has 2 aromatic rings.